The third-order valence-corrected chi connectivity index (χ3v) is 3.34. The summed E-state index contributed by atoms with van der Waals surface area (Å²) >= 11 is 0. The van der Waals surface area contributed by atoms with Gasteiger partial charge in [-0.3, -0.25) is 9.88 Å². The fourth-order valence-electron chi connectivity index (χ4n) is 2.13. The molecule has 1 fully saturated rings. The molecule has 4 nitrogen and oxygen atoms in total. The number of rotatable bonds is 5. The molecule has 2 rings (SSSR count). The molecule has 1 unspecified atom stereocenters. The molecule has 1 aliphatic heterocycles. The van der Waals surface area contributed by atoms with E-state index in [-0.39, 0.29) is 0 Å². The summed E-state index contributed by atoms with van der Waals surface area (Å²) in [5.41, 5.74) is 2.39. The van der Waals surface area contributed by atoms with Crippen LogP contribution in [0.1, 0.15) is 25.1 Å². The van der Waals surface area contributed by atoms with Crippen LogP contribution in [0.25, 0.3) is 0 Å². The zero-order valence-corrected chi connectivity index (χ0v) is 11.4. The Labute approximate surface area is 109 Å². The van der Waals surface area contributed by atoms with Crippen LogP contribution in [0.4, 0.5) is 0 Å². The number of pyridine rings is 1. The summed E-state index contributed by atoms with van der Waals surface area (Å²) in [6, 6.07) is 4.78. The quantitative estimate of drug-likeness (QED) is 0.856. The molecule has 1 saturated heterocycles. The molecular formula is C14H23N3O. The Kier molecular flexibility index (Phi) is 5.11. The largest absolute Gasteiger partial charge is 0.379 e. The summed E-state index contributed by atoms with van der Waals surface area (Å²) in [7, 11) is 0. The number of morpholine rings is 1. The lowest BCUT2D eigenvalue weighted by molar-refractivity contribution is -0.00491. The maximum Gasteiger partial charge on any atom is 0.0619 e. The van der Waals surface area contributed by atoms with Crippen molar-refractivity contribution in [2.75, 3.05) is 26.3 Å². The molecule has 0 aromatic carbocycles. The van der Waals surface area contributed by atoms with Gasteiger partial charge < -0.3 is 10.1 Å². The Morgan fingerprint density at radius 1 is 1.50 bits per heavy atom. The van der Waals surface area contributed by atoms with Crippen molar-refractivity contribution in [3.8, 4) is 0 Å². The van der Waals surface area contributed by atoms with E-state index in [0.717, 1.165) is 45.1 Å². The number of ether oxygens (including phenoxy) is 1. The topological polar surface area (TPSA) is 37.4 Å². The summed E-state index contributed by atoms with van der Waals surface area (Å²) in [5, 5.41) is 3.31. The second-order valence-electron chi connectivity index (χ2n) is 4.83. The van der Waals surface area contributed by atoms with E-state index in [4.69, 9.17) is 4.74 Å². The number of hydrogen-bond donors (Lipinski definition) is 1. The fourth-order valence-corrected chi connectivity index (χ4v) is 2.13. The smallest absolute Gasteiger partial charge is 0.0619 e. The molecule has 4 heteroatoms. The van der Waals surface area contributed by atoms with E-state index in [1.54, 1.807) is 0 Å². The SMILES string of the molecule is CCNCc1ccc(CN2CCOCC2C)nc1. The van der Waals surface area contributed by atoms with Crippen LogP contribution in [-0.2, 0) is 17.8 Å². The zero-order chi connectivity index (χ0) is 12.8. The van der Waals surface area contributed by atoms with Gasteiger partial charge in [-0.05, 0) is 25.1 Å². The van der Waals surface area contributed by atoms with Gasteiger partial charge in [0.2, 0.25) is 0 Å². The van der Waals surface area contributed by atoms with Crippen LogP contribution in [0.15, 0.2) is 18.3 Å². The molecule has 1 aromatic rings. The van der Waals surface area contributed by atoms with Crippen molar-refractivity contribution in [1.29, 1.82) is 0 Å². The summed E-state index contributed by atoms with van der Waals surface area (Å²) in [5.74, 6) is 0. The minimum absolute atomic E-state index is 0.488. The van der Waals surface area contributed by atoms with Crippen molar-refractivity contribution in [3.63, 3.8) is 0 Å². The normalized spacial score (nSPS) is 21.1. The predicted octanol–water partition coefficient (Wildman–Crippen LogP) is 1.41. The lowest BCUT2D eigenvalue weighted by Crippen LogP contribution is -2.43. The second-order valence-corrected chi connectivity index (χ2v) is 4.83. The number of aromatic nitrogens is 1. The molecule has 1 atom stereocenters. The molecule has 1 aromatic heterocycles. The first-order valence-corrected chi connectivity index (χ1v) is 6.76. The van der Waals surface area contributed by atoms with Crippen molar-refractivity contribution in [1.82, 2.24) is 15.2 Å². The minimum Gasteiger partial charge on any atom is -0.379 e. The highest BCUT2D eigenvalue weighted by Gasteiger charge is 2.18. The first kappa shape index (κ1) is 13.5. The standard InChI is InChI=1S/C14H23N3O/c1-3-15-8-13-4-5-14(16-9-13)10-17-6-7-18-11-12(17)2/h4-5,9,12,15H,3,6-8,10-11H2,1-2H3. The Hall–Kier alpha value is -0.970. The molecule has 1 aliphatic rings. The lowest BCUT2D eigenvalue weighted by atomic mass is 10.2. The highest BCUT2D eigenvalue weighted by molar-refractivity contribution is 5.14. The van der Waals surface area contributed by atoms with Crippen LogP contribution in [0.3, 0.4) is 0 Å². The van der Waals surface area contributed by atoms with Crippen molar-refractivity contribution < 1.29 is 4.74 Å². The van der Waals surface area contributed by atoms with E-state index in [1.807, 2.05) is 6.20 Å². The monoisotopic (exact) mass is 249 g/mol. The van der Waals surface area contributed by atoms with E-state index in [2.05, 4.69) is 41.2 Å². The van der Waals surface area contributed by atoms with Gasteiger partial charge in [0.1, 0.15) is 0 Å². The molecular weight excluding hydrogens is 226 g/mol. The molecule has 0 spiro atoms. The van der Waals surface area contributed by atoms with Gasteiger partial charge in [0, 0.05) is 31.9 Å². The van der Waals surface area contributed by atoms with Gasteiger partial charge in [-0.15, -0.1) is 0 Å². The number of nitrogens with one attached hydrogen (secondary N) is 1. The van der Waals surface area contributed by atoms with Gasteiger partial charge in [-0.2, -0.15) is 0 Å². The Balaban J connectivity index is 1.89. The molecule has 0 bridgehead atoms. The highest BCUT2D eigenvalue weighted by atomic mass is 16.5. The predicted molar refractivity (Wildman–Crippen MR) is 72.3 cm³/mol. The molecule has 2 heterocycles. The molecule has 1 N–H and O–H groups in total. The average molecular weight is 249 g/mol. The van der Waals surface area contributed by atoms with Crippen molar-refractivity contribution in [3.05, 3.63) is 29.6 Å². The van der Waals surface area contributed by atoms with Gasteiger partial charge in [0.05, 0.1) is 18.9 Å². The van der Waals surface area contributed by atoms with Crippen molar-refractivity contribution >= 4 is 0 Å². The number of hydrogen-bond acceptors (Lipinski definition) is 4. The van der Waals surface area contributed by atoms with Crippen LogP contribution < -0.4 is 5.32 Å². The second kappa shape index (κ2) is 6.83. The molecule has 18 heavy (non-hydrogen) atoms. The summed E-state index contributed by atoms with van der Waals surface area (Å²) in [4.78, 5) is 6.96. The van der Waals surface area contributed by atoms with Crippen LogP contribution in [0.5, 0.6) is 0 Å². The Bertz CT molecular complexity index is 353. The van der Waals surface area contributed by atoms with Gasteiger partial charge in [-0.1, -0.05) is 13.0 Å². The molecule has 0 radical (unpaired) electrons. The molecule has 0 aliphatic carbocycles. The third kappa shape index (κ3) is 3.77. The van der Waals surface area contributed by atoms with Gasteiger partial charge in [0.15, 0.2) is 0 Å². The third-order valence-electron chi connectivity index (χ3n) is 3.34. The van der Waals surface area contributed by atoms with Crippen LogP contribution in [0.2, 0.25) is 0 Å². The number of nitrogens with zero attached hydrogens (tertiary/aromatic N) is 2. The summed E-state index contributed by atoms with van der Waals surface area (Å²) < 4.78 is 5.44. The van der Waals surface area contributed by atoms with Crippen molar-refractivity contribution in [2.24, 2.45) is 0 Å². The van der Waals surface area contributed by atoms with Crippen LogP contribution in [-0.4, -0.2) is 42.2 Å². The van der Waals surface area contributed by atoms with Crippen LogP contribution >= 0.6 is 0 Å². The molecule has 0 saturated carbocycles. The first-order valence-electron chi connectivity index (χ1n) is 6.76. The maximum atomic E-state index is 5.44. The summed E-state index contributed by atoms with van der Waals surface area (Å²) in [6.07, 6.45) is 1.98. The molecule has 100 valence electrons. The minimum atomic E-state index is 0.488. The summed E-state index contributed by atoms with van der Waals surface area (Å²) in [6.45, 7) is 9.81. The van der Waals surface area contributed by atoms with Crippen LogP contribution in [0, 0.1) is 0 Å². The average Bonchev–Trinajstić information content (AvgIpc) is 2.41. The first-order chi connectivity index (χ1) is 8.79. The van der Waals surface area contributed by atoms with E-state index >= 15 is 0 Å². The van der Waals surface area contributed by atoms with E-state index in [9.17, 15) is 0 Å². The van der Waals surface area contributed by atoms with E-state index in [1.165, 1.54) is 5.56 Å². The Morgan fingerprint density at radius 2 is 2.39 bits per heavy atom. The lowest BCUT2D eigenvalue weighted by Gasteiger charge is -2.32. The van der Waals surface area contributed by atoms with E-state index in [0.29, 0.717) is 6.04 Å². The van der Waals surface area contributed by atoms with Gasteiger partial charge >= 0.3 is 0 Å². The Morgan fingerprint density at radius 3 is 3.06 bits per heavy atom. The fraction of sp³-hybridized carbons (Fsp3) is 0.643. The zero-order valence-electron chi connectivity index (χ0n) is 11.4. The highest BCUT2D eigenvalue weighted by Crippen LogP contribution is 2.11. The molecule has 0 amide bonds. The van der Waals surface area contributed by atoms with Gasteiger partial charge in [0.25, 0.3) is 0 Å². The van der Waals surface area contributed by atoms with E-state index < -0.39 is 0 Å². The van der Waals surface area contributed by atoms with Crippen molar-refractivity contribution in [2.45, 2.75) is 33.0 Å². The maximum absolute atomic E-state index is 5.44. The van der Waals surface area contributed by atoms with Gasteiger partial charge in [-0.25, -0.2) is 0 Å².